The van der Waals surface area contributed by atoms with Gasteiger partial charge >= 0.3 is 0 Å². The van der Waals surface area contributed by atoms with Crippen LogP contribution >= 0.6 is 0 Å². The highest BCUT2D eigenvalue weighted by molar-refractivity contribution is 5.84. The van der Waals surface area contributed by atoms with Gasteiger partial charge in [-0.2, -0.15) is 0 Å². The molecule has 0 radical (unpaired) electrons. The lowest BCUT2D eigenvalue weighted by atomic mass is 10.0. The molecule has 1 fully saturated rings. The van der Waals surface area contributed by atoms with Gasteiger partial charge in [-0.25, -0.2) is 0 Å². The number of primary amides is 1. The van der Waals surface area contributed by atoms with Crippen LogP contribution in [-0.2, 0) is 9.59 Å². The summed E-state index contributed by atoms with van der Waals surface area (Å²) >= 11 is 0. The number of carbonyl (C=O) groups is 2. The van der Waals surface area contributed by atoms with Crippen molar-refractivity contribution in [1.29, 1.82) is 0 Å². The molecular formula is C13H25N3O2. The molecular weight excluding hydrogens is 230 g/mol. The third-order valence-corrected chi connectivity index (χ3v) is 3.67. The predicted octanol–water partition coefficient (Wildman–Crippen LogP) is 0.618. The number of nitrogens with zero attached hydrogens (tertiary/aromatic N) is 1. The molecule has 1 unspecified atom stereocenters. The van der Waals surface area contributed by atoms with E-state index in [0.717, 1.165) is 32.1 Å². The van der Waals surface area contributed by atoms with Crippen LogP contribution in [0.15, 0.2) is 0 Å². The quantitative estimate of drug-likeness (QED) is 0.698. The van der Waals surface area contributed by atoms with Gasteiger partial charge in [0.25, 0.3) is 0 Å². The maximum Gasteiger partial charge on any atom is 0.237 e. The van der Waals surface area contributed by atoms with Crippen LogP contribution in [0, 0.1) is 5.92 Å². The second-order valence-electron chi connectivity index (χ2n) is 5.31. The first-order valence-corrected chi connectivity index (χ1v) is 6.82. The highest BCUT2D eigenvalue weighted by atomic mass is 16.2. The largest absolute Gasteiger partial charge is 0.368 e. The highest BCUT2D eigenvalue weighted by Crippen LogP contribution is 2.24. The molecule has 0 heterocycles. The number of amides is 2. The first-order valence-electron chi connectivity index (χ1n) is 6.82. The molecule has 4 N–H and O–H groups in total. The summed E-state index contributed by atoms with van der Waals surface area (Å²) < 4.78 is 0. The zero-order chi connectivity index (χ0) is 13.5. The van der Waals surface area contributed by atoms with Crippen molar-refractivity contribution in [3.8, 4) is 0 Å². The second-order valence-corrected chi connectivity index (χ2v) is 5.31. The van der Waals surface area contributed by atoms with Gasteiger partial charge in [0.15, 0.2) is 0 Å². The van der Waals surface area contributed by atoms with Crippen LogP contribution in [0.2, 0.25) is 0 Å². The highest BCUT2D eigenvalue weighted by Gasteiger charge is 2.27. The third-order valence-electron chi connectivity index (χ3n) is 3.67. The van der Waals surface area contributed by atoms with E-state index >= 15 is 0 Å². The minimum absolute atomic E-state index is 0.0426. The summed E-state index contributed by atoms with van der Waals surface area (Å²) in [6.07, 6.45) is 5.48. The SMILES string of the molecule is CC(CN)CCC(=O)N(CC(N)=O)C1CCCC1. The van der Waals surface area contributed by atoms with E-state index in [9.17, 15) is 9.59 Å². The van der Waals surface area contributed by atoms with E-state index in [-0.39, 0.29) is 18.5 Å². The van der Waals surface area contributed by atoms with Gasteiger partial charge in [0.1, 0.15) is 0 Å². The van der Waals surface area contributed by atoms with Crippen molar-refractivity contribution in [3.63, 3.8) is 0 Å². The van der Waals surface area contributed by atoms with Crippen molar-refractivity contribution in [2.45, 2.75) is 51.5 Å². The minimum atomic E-state index is -0.429. The molecule has 1 aliphatic carbocycles. The van der Waals surface area contributed by atoms with Gasteiger partial charge in [-0.1, -0.05) is 19.8 Å². The van der Waals surface area contributed by atoms with Crippen LogP contribution in [0.5, 0.6) is 0 Å². The molecule has 1 aliphatic rings. The summed E-state index contributed by atoms with van der Waals surface area (Å²) in [4.78, 5) is 24.9. The van der Waals surface area contributed by atoms with E-state index in [1.165, 1.54) is 0 Å². The van der Waals surface area contributed by atoms with E-state index in [0.29, 0.717) is 18.9 Å². The number of carbonyl (C=O) groups excluding carboxylic acids is 2. The Bertz CT molecular complexity index is 288. The molecule has 1 atom stereocenters. The molecule has 0 bridgehead atoms. The molecule has 104 valence electrons. The summed E-state index contributed by atoms with van der Waals surface area (Å²) in [7, 11) is 0. The van der Waals surface area contributed by atoms with Gasteiger partial charge in [-0.3, -0.25) is 9.59 Å². The maximum absolute atomic E-state index is 12.2. The lowest BCUT2D eigenvalue weighted by Gasteiger charge is -2.28. The number of rotatable bonds is 7. The Morgan fingerprint density at radius 3 is 2.44 bits per heavy atom. The molecule has 5 nitrogen and oxygen atoms in total. The minimum Gasteiger partial charge on any atom is -0.368 e. The fraction of sp³-hybridized carbons (Fsp3) is 0.846. The van der Waals surface area contributed by atoms with Gasteiger partial charge in [0, 0.05) is 12.5 Å². The first kappa shape index (κ1) is 15.0. The normalized spacial score (nSPS) is 17.7. The lowest BCUT2D eigenvalue weighted by molar-refractivity contribution is -0.137. The average Bonchev–Trinajstić information content (AvgIpc) is 2.85. The van der Waals surface area contributed by atoms with E-state index in [2.05, 4.69) is 0 Å². The Morgan fingerprint density at radius 1 is 1.33 bits per heavy atom. The van der Waals surface area contributed by atoms with Gasteiger partial charge in [-0.15, -0.1) is 0 Å². The zero-order valence-corrected chi connectivity index (χ0v) is 11.2. The zero-order valence-electron chi connectivity index (χ0n) is 11.2. The van der Waals surface area contributed by atoms with Crippen LogP contribution in [-0.4, -0.2) is 35.8 Å². The van der Waals surface area contributed by atoms with Crippen molar-refractivity contribution in [1.82, 2.24) is 4.90 Å². The van der Waals surface area contributed by atoms with Crippen molar-refractivity contribution in [3.05, 3.63) is 0 Å². The molecule has 0 spiro atoms. The summed E-state index contributed by atoms with van der Waals surface area (Å²) in [5, 5.41) is 0. The van der Waals surface area contributed by atoms with E-state index in [1.807, 2.05) is 6.92 Å². The standard InChI is InChI=1S/C13H25N3O2/c1-10(8-14)6-7-13(18)16(9-12(15)17)11-4-2-3-5-11/h10-11H,2-9,14H2,1H3,(H2,15,17). The Balaban J connectivity index is 2.52. The van der Waals surface area contributed by atoms with Gasteiger partial charge in [0.05, 0.1) is 6.54 Å². The van der Waals surface area contributed by atoms with E-state index < -0.39 is 5.91 Å². The van der Waals surface area contributed by atoms with Crippen molar-refractivity contribution >= 4 is 11.8 Å². The van der Waals surface area contributed by atoms with Crippen LogP contribution in [0.4, 0.5) is 0 Å². The molecule has 0 saturated heterocycles. The summed E-state index contributed by atoms with van der Waals surface area (Å²) in [6.45, 7) is 2.67. The van der Waals surface area contributed by atoms with E-state index in [4.69, 9.17) is 11.5 Å². The Labute approximate surface area is 109 Å². The molecule has 2 amide bonds. The monoisotopic (exact) mass is 255 g/mol. The van der Waals surface area contributed by atoms with Gasteiger partial charge in [0.2, 0.25) is 11.8 Å². The molecule has 1 rings (SSSR count). The second kappa shape index (κ2) is 7.36. The lowest BCUT2D eigenvalue weighted by Crippen LogP contribution is -2.44. The average molecular weight is 255 g/mol. The van der Waals surface area contributed by atoms with Crippen LogP contribution < -0.4 is 11.5 Å². The van der Waals surface area contributed by atoms with Crippen molar-refractivity contribution in [2.24, 2.45) is 17.4 Å². The molecule has 1 saturated carbocycles. The van der Waals surface area contributed by atoms with Crippen molar-refractivity contribution < 1.29 is 9.59 Å². The summed E-state index contributed by atoms with van der Waals surface area (Å²) in [5.41, 5.74) is 10.8. The summed E-state index contributed by atoms with van der Waals surface area (Å²) in [5.74, 6) is -0.0453. The Morgan fingerprint density at radius 2 is 1.94 bits per heavy atom. The van der Waals surface area contributed by atoms with E-state index in [1.54, 1.807) is 4.90 Å². The topological polar surface area (TPSA) is 89.4 Å². The van der Waals surface area contributed by atoms with Crippen LogP contribution in [0.1, 0.15) is 45.4 Å². The predicted molar refractivity (Wildman–Crippen MR) is 70.6 cm³/mol. The van der Waals surface area contributed by atoms with Crippen molar-refractivity contribution in [2.75, 3.05) is 13.1 Å². The molecule has 5 heteroatoms. The fourth-order valence-corrected chi connectivity index (χ4v) is 2.44. The maximum atomic E-state index is 12.2. The smallest absolute Gasteiger partial charge is 0.237 e. The van der Waals surface area contributed by atoms with Gasteiger partial charge in [-0.05, 0) is 31.7 Å². The van der Waals surface area contributed by atoms with Crippen LogP contribution in [0.25, 0.3) is 0 Å². The molecule has 18 heavy (non-hydrogen) atoms. The number of hydrogen-bond acceptors (Lipinski definition) is 3. The first-order chi connectivity index (χ1) is 8.54. The molecule has 0 aromatic heterocycles. The van der Waals surface area contributed by atoms with Crippen LogP contribution in [0.3, 0.4) is 0 Å². The van der Waals surface area contributed by atoms with Gasteiger partial charge < -0.3 is 16.4 Å². The summed E-state index contributed by atoms with van der Waals surface area (Å²) in [6, 6.07) is 0.207. The Hall–Kier alpha value is -1.10. The number of hydrogen-bond donors (Lipinski definition) is 2. The fourth-order valence-electron chi connectivity index (χ4n) is 2.44. The third kappa shape index (κ3) is 4.64. The molecule has 0 aliphatic heterocycles. The number of nitrogens with two attached hydrogens (primary N) is 2. The molecule has 0 aromatic rings. The Kier molecular flexibility index (Phi) is 6.12. The molecule has 0 aromatic carbocycles.